The first kappa shape index (κ1) is 12.3. The number of ether oxygens (including phenoxy) is 2. The van der Waals surface area contributed by atoms with Gasteiger partial charge in [0.25, 0.3) is 0 Å². The summed E-state index contributed by atoms with van der Waals surface area (Å²) in [5, 5.41) is 0. The molecule has 6 heteroatoms. The number of carbonyl (C=O) groups excluding carboxylic acids is 2. The van der Waals surface area contributed by atoms with Crippen LogP contribution in [0.5, 0.6) is 0 Å². The zero-order chi connectivity index (χ0) is 13.3. The number of nitrogen functional groups attached to an aromatic ring is 1. The van der Waals surface area contributed by atoms with Crippen molar-refractivity contribution >= 4 is 17.6 Å². The number of rotatable bonds is 2. The fourth-order valence-corrected chi connectivity index (χ4v) is 1.60. The average molecular weight is 253 g/mol. The minimum Gasteiger partial charge on any atom is -0.463 e. The molecule has 5 nitrogen and oxygen atoms in total. The number of halogens is 1. The number of anilines is 1. The first-order valence-electron chi connectivity index (χ1n) is 5.42. The molecule has 1 aromatic carbocycles. The van der Waals surface area contributed by atoms with Crippen LogP contribution in [0.25, 0.3) is 0 Å². The maximum absolute atomic E-state index is 13.4. The van der Waals surface area contributed by atoms with Crippen LogP contribution in [0.15, 0.2) is 12.1 Å². The smallest absolute Gasteiger partial charge is 0.347 e. The van der Waals surface area contributed by atoms with Crippen LogP contribution in [0, 0.1) is 12.7 Å². The van der Waals surface area contributed by atoms with Crippen molar-refractivity contribution in [3.05, 3.63) is 29.1 Å². The van der Waals surface area contributed by atoms with Gasteiger partial charge in [0.1, 0.15) is 5.82 Å². The quantitative estimate of drug-likeness (QED) is 0.632. The Hall–Kier alpha value is -2.11. The maximum atomic E-state index is 13.4. The van der Waals surface area contributed by atoms with E-state index in [0.717, 1.165) is 6.07 Å². The predicted molar refractivity (Wildman–Crippen MR) is 60.3 cm³/mol. The van der Waals surface area contributed by atoms with Crippen LogP contribution in [0.1, 0.15) is 22.3 Å². The third kappa shape index (κ3) is 2.27. The molecule has 1 aliphatic heterocycles. The molecule has 1 unspecified atom stereocenters. The SMILES string of the molecule is Cc1c(N)cc(C(=O)OC2CCOC2=O)cc1F. The fourth-order valence-electron chi connectivity index (χ4n) is 1.60. The summed E-state index contributed by atoms with van der Waals surface area (Å²) in [6, 6.07) is 2.36. The molecule has 0 aromatic heterocycles. The normalized spacial score (nSPS) is 18.6. The van der Waals surface area contributed by atoms with Crippen molar-refractivity contribution in [2.45, 2.75) is 19.4 Å². The van der Waals surface area contributed by atoms with Gasteiger partial charge in [-0.1, -0.05) is 0 Å². The molecule has 18 heavy (non-hydrogen) atoms. The summed E-state index contributed by atoms with van der Waals surface area (Å²) in [4.78, 5) is 22.8. The standard InChI is InChI=1S/C12H12FNO4/c1-6-8(13)4-7(5-9(6)14)11(15)18-10-2-3-17-12(10)16/h4-5,10H,2-3,14H2,1H3. The summed E-state index contributed by atoms with van der Waals surface area (Å²) in [5.74, 6) is -1.95. The van der Waals surface area contributed by atoms with Gasteiger partial charge in [-0.2, -0.15) is 0 Å². The van der Waals surface area contributed by atoms with Crippen LogP contribution >= 0.6 is 0 Å². The summed E-state index contributed by atoms with van der Waals surface area (Å²) < 4.78 is 23.0. The first-order valence-corrected chi connectivity index (χ1v) is 5.42. The monoisotopic (exact) mass is 253 g/mol. The van der Waals surface area contributed by atoms with Crippen molar-refractivity contribution in [1.82, 2.24) is 0 Å². The molecule has 0 aliphatic carbocycles. The Kier molecular flexibility index (Phi) is 3.18. The third-order valence-electron chi connectivity index (χ3n) is 2.76. The molecule has 1 aromatic rings. The highest BCUT2D eigenvalue weighted by atomic mass is 19.1. The lowest BCUT2D eigenvalue weighted by atomic mass is 10.1. The number of nitrogens with two attached hydrogens (primary N) is 1. The lowest BCUT2D eigenvalue weighted by Crippen LogP contribution is -2.22. The van der Waals surface area contributed by atoms with E-state index in [2.05, 4.69) is 4.74 Å². The van der Waals surface area contributed by atoms with E-state index >= 15 is 0 Å². The molecular weight excluding hydrogens is 241 g/mol. The molecular formula is C12H12FNO4. The van der Waals surface area contributed by atoms with Crippen LogP contribution in [-0.2, 0) is 14.3 Å². The van der Waals surface area contributed by atoms with Gasteiger partial charge in [-0.05, 0) is 19.1 Å². The number of hydrogen-bond acceptors (Lipinski definition) is 5. The van der Waals surface area contributed by atoms with E-state index in [9.17, 15) is 14.0 Å². The molecule has 1 atom stereocenters. The molecule has 1 aliphatic rings. The summed E-state index contributed by atoms with van der Waals surface area (Å²) in [6.07, 6.45) is -0.600. The number of cyclic esters (lactones) is 1. The summed E-state index contributed by atoms with van der Waals surface area (Å²) in [7, 11) is 0. The van der Waals surface area contributed by atoms with Gasteiger partial charge in [-0.25, -0.2) is 14.0 Å². The largest absolute Gasteiger partial charge is 0.463 e. The predicted octanol–water partition coefficient (Wildman–Crippen LogP) is 1.19. The summed E-state index contributed by atoms with van der Waals surface area (Å²) in [6.45, 7) is 1.73. The molecule has 1 heterocycles. The summed E-state index contributed by atoms with van der Waals surface area (Å²) in [5.41, 5.74) is 5.97. The Balaban J connectivity index is 2.16. The van der Waals surface area contributed by atoms with Gasteiger partial charge >= 0.3 is 11.9 Å². The number of esters is 2. The maximum Gasteiger partial charge on any atom is 0.347 e. The lowest BCUT2D eigenvalue weighted by Gasteiger charge is -2.10. The van der Waals surface area contributed by atoms with E-state index in [4.69, 9.17) is 10.5 Å². The Bertz CT molecular complexity index is 492. The lowest BCUT2D eigenvalue weighted by molar-refractivity contribution is -0.145. The minimum atomic E-state index is -0.914. The van der Waals surface area contributed by atoms with Crippen LogP contribution in [0.4, 0.5) is 10.1 Å². The van der Waals surface area contributed by atoms with Gasteiger partial charge in [0.05, 0.1) is 12.2 Å². The highest BCUT2D eigenvalue weighted by molar-refractivity contribution is 5.92. The van der Waals surface area contributed by atoms with Crippen LogP contribution in [-0.4, -0.2) is 24.6 Å². The van der Waals surface area contributed by atoms with Gasteiger partial charge in [-0.3, -0.25) is 0 Å². The number of carbonyl (C=O) groups is 2. The van der Waals surface area contributed by atoms with E-state index in [1.807, 2.05) is 0 Å². The second kappa shape index (κ2) is 4.64. The molecule has 1 saturated heterocycles. The molecule has 0 bridgehead atoms. The molecule has 0 saturated carbocycles. The molecule has 0 amide bonds. The Labute approximate surface area is 103 Å². The van der Waals surface area contributed by atoms with E-state index in [-0.39, 0.29) is 23.4 Å². The van der Waals surface area contributed by atoms with Crippen molar-refractivity contribution in [3.63, 3.8) is 0 Å². The zero-order valence-corrected chi connectivity index (χ0v) is 9.73. The van der Waals surface area contributed by atoms with E-state index in [0.29, 0.717) is 6.42 Å². The molecule has 2 N–H and O–H groups in total. The average Bonchev–Trinajstić information content (AvgIpc) is 2.71. The Morgan fingerprint density at radius 1 is 1.56 bits per heavy atom. The van der Waals surface area contributed by atoms with Crippen molar-refractivity contribution in [2.24, 2.45) is 0 Å². The second-order valence-electron chi connectivity index (χ2n) is 4.02. The van der Waals surface area contributed by atoms with Crippen molar-refractivity contribution in [3.8, 4) is 0 Å². The highest BCUT2D eigenvalue weighted by Gasteiger charge is 2.30. The molecule has 0 spiro atoms. The highest BCUT2D eigenvalue weighted by Crippen LogP contribution is 2.20. The second-order valence-corrected chi connectivity index (χ2v) is 4.02. The van der Waals surface area contributed by atoms with Crippen LogP contribution in [0.2, 0.25) is 0 Å². The minimum absolute atomic E-state index is 0.0182. The van der Waals surface area contributed by atoms with E-state index in [1.165, 1.54) is 13.0 Å². The van der Waals surface area contributed by atoms with Crippen molar-refractivity contribution < 1.29 is 23.5 Å². The van der Waals surface area contributed by atoms with Crippen LogP contribution in [0.3, 0.4) is 0 Å². The molecule has 96 valence electrons. The van der Waals surface area contributed by atoms with Gasteiger partial charge in [0.2, 0.25) is 6.10 Å². The van der Waals surface area contributed by atoms with Gasteiger partial charge in [-0.15, -0.1) is 0 Å². The van der Waals surface area contributed by atoms with Crippen molar-refractivity contribution in [1.29, 1.82) is 0 Å². The van der Waals surface area contributed by atoms with Gasteiger partial charge in [0.15, 0.2) is 0 Å². The van der Waals surface area contributed by atoms with E-state index in [1.54, 1.807) is 0 Å². The van der Waals surface area contributed by atoms with Crippen LogP contribution < -0.4 is 5.73 Å². The topological polar surface area (TPSA) is 78.6 Å². The Morgan fingerprint density at radius 3 is 2.83 bits per heavy atom. The fraction of sp³-hybridized carbons (Fsp3) is 0.333. The van der Waals surface area contributed by atoms with Crippen molar-refractivity contribution in [2.75, 3.05) is 12.3 Å². The number of benzene rings is 1. The molecule has 2 rings (SSSR count). The van der Waals surface area contributed by atoms with Gasteiger partial charge in [0, 0.05) is 17.7 Å². The summed E-state index contributed by atoms with van der Waals surface area (Å²) >= 11 is 0. The third-order valence-corrected chi connectivity index (χ3v) is 2.76. The van der Waals surface area contributed by atoms with E-state index < -0.39 is 23.9 Å². The number of hydrogen-bond donors (Lipinski definition) is 1. The zero-order valence-electron chi connectivity index (χ0n) is 9.73. The first-order chi connectivity index (χ1) is 8.49. The Morgan fingerprint density at radius 2 is 2.28 bits per heavy atom. The van der Waals surface area contributed by atoms with Gasteiger partial charge < -0.3 is 15.2 Å². The molecule has 1 fully saturated rings. The molecule has 0 radical (unpaired) electrons.